The number of rotatable bonds is 13. The van der Waals surface area contributed by atoms with E-state index in [9.17, 15) is 33.6 Å². The molecular weight excluding hydrogens is 659 g/mol. The van der Waals surface area contributed by atoms with Crippen LogP contribution in [0.2, 0.25) is 0 Å². The topological polar surface area (TPSA) is 397 Å². The van der Waals surface area contributed by atoms with Gasteiger partial charge in [0.2, 0.25) is 0 Å². The molecule has 0 amide bonds. The first-order valence-electron chi connectivity index (χ1n) is 11.2. The summed E-state index contributed by atoms with van der Waals surface area (Å²) in [4.78, 5) is 57.1. The zero-order valence-corrected chi connectivity index (χ0v) is 23.8. The molecule has 10 atom stereocenters. The molecule has 3 heterocycles. The van der Waals surface area contributed by atoms with Crippen molar-refractivity contribution in [3.8, 4) is 0 Å². The Hall–Kier alpha value is -1.89. The van der Waals surface area contributed by atoms with Gasteiger partial charge in [0.15, 0.2) is 24.0 Å². The van der Waals surface area contributed by atoms with E-state index in [4.69, 9.17) is 50.7 Å². The van der Waals surface area contributed by atoms with Gasteiger partial charge in [-0.1, -0.05) is 0 Å². The fraction of sp³-hybridized carbons (Fsp3) is 0.625. The number of carbonyl (C=O) groups excluding carboxylic acids is 1. The summed E-state index contributed by atoms with van der Waals surface area (Å²) >= 11 is 0. The van der Waals surface area contributed by atoms with E-state index in [0.29, 0.717) is 0 Å². The molecule has 0 spiro atoms. The van der Waals surface area contributed by atoms with E-state index in [1.165, 1.54) is 10.9 Å². The molecule has 0 aromatic carbocycles. The van der Waals surface area contributed by atoms with Crippen molar-refractivity contribution in [1.82, 2.24) is 19.5 Å². The lowest BCUT2D eigenvalue weighted by atomic mass is 10.0. The summed E-state index contributed by atoms with van der Waals surface area (Å²) in [5, 5.41) is 63.9. The predicted octanol–water partition coefficient (Wildman–Crippen LogP) is -5.01. The molecule has 43 heavy (non-hydrogen) atoms. The van der Waals surface area contributed by atoms with Crippen LogP contribution in [0.4, 0.5) is 5.82 Å². The average molecular weight is 687 g/mol. The first-order chi connectivity index (χ1) is 19.7. The molecule has 13 N–H and O–H groups in total. The normalized spacial score (nSPS) is 26.4. The highest BCUT2D eigenvalue weighted by Crippen LogP contribution is 2.66. The summed E-state index contributed by atoms with van der Waals surface area (Å²) in [5.74, 6) is 0.0426. The minimum atomic E-state index is -5.70. The second-order valence-corrected chi connectivity index (χ2v) is 12.8. The number of anilines is 1. The third-order valence-electron chi connectivity index (χ3n) is 5.24. The van der Waals surface area contributed by atoms with Gasteiger partial charge in [-0.15, -0.1) is 0 Å². The predicted molar refractivity (Wildman–Crippen MR) is 133 cm³/mol. The van der Waals surface area contributed by atoms with Crippen LogP contribution in [0.5, 0.6) is 0 Å². The Morgan fingerprint density at radius 2 is 1.60 bits per heavy atom. The molecule has 24 nitrogen and oxygen atoms in total. The molecule has 3 rings (SSSR count). The van der Waals surface area contributed by atoms with Crippen molar-refractivity contribution in [2.24, 2.45) is 0 Å². The number of aliphatic hydroxyl groups is 7. The lowest BCUT2D eigenvalue weighted by Crippen LogP contribution is -2.46. The number of imidazole rings is 1. The van der Waals surface area contributed by atoms with E-state index in [-0.39, 0.29) is 23.3 Å². The summed E-state index contributed by atoms with van der Waals surface area (Å²) in [7, 11) is -16.7. The largest absolute Gasteiger partial charge is 0.490 e. The first-order valence-corrected chi connectivity index (χ1v) is 15.8. The summed E-state index contributed by atoms with van der Waals surface area (Å²) in [6.07, 6.45) is -10.5. The minimum Gasteiger partial charge on any atom is -0.394 e. The second kappa shape index (κ2) is 14.9. The second-order valence-electron chi connectivity index (χ2n) is 8.37. The number of hydrogen-bond acceptors (Lipinski definition) is 19. The van der Waals surface area contributed by atoms with Gasteiger partial charge in [-0.25, -0.2) is 28.6 Å². The van der Waals surface area contributed by atoms with Crippen molar-refractivity contribution < 1.29 is 91.7 Å². The summed E-state index contributed by atoms with van der Waals surface area (Å²) in [6, 6.07) is 0. The number of ether oxygens (including phenoxy) is 1. The van der Waals surface area contributed by atoms with Gasteiger partial charge in [-0.2, -0.15) is 8.62 Å². The zero-order chi connectivity index (χ0) is 32.9. The Balaban J connectivity index is 0.000000455. The van der Waals surface area contributed by atoms with E-state index in [1.54, 1.807) is 0 Å². The third-order valence-corrected chi connectivity index (χ3v) is 9.04. The highest BCUT2D eigenvalue weighted by molar-refractivity contribution is 7.66. The Labute approximate surface area is 239 Å². The number of nitrogens with zero attached hydrogens (tertiary/aromatic N) is 4. The Morgan fingerprint density at radius 1 is 0.977 bits per heavy atom. The number of nitrogen functional groups attached to an aromatic ring is 1. The molecule has 1 saturated heterocycles. The third kappa shape index (κ3) is 10.3. The van der Waals surface area contributed by atoms with E-state index < -0.39 is 85.6 Å². The van der Waals surface area contributed by atoms with Gasteiger partial charge in [-0.3, -0.25) is 9.09 Å². The molecule has 1 aliphatic rings. The first kappa shape index (κ1) is 37.3. The van der Waals surface area contributed by atoms with Gasteiger partial charge in [-0.05, 0) is 0 Å². The van der Waals surface area contributed by atoms with Crippen LogP contribution >= 0.6 is 23.5 Å². The Kier molecular flexibility index (Phi) is 12.9. The fourth-order valence-corrected chi connectivity index (χ4v) is 6.27. The number of aliphatic hydroxyl groups excluding tert-OH is 7. The molecule has 0 saturated carbocycles. The van der Waals surface area contributed by atoms with E-state index >= 15 is 0 Å². The molecule has 246 valence electrons. The summed E-state index contributed by atoms with van der Waals surface area (Å²) in [5.41, 5.74) is 6.00. The average Bonchev–Trinajstić information content (AvgIpc) is 3.45. The van der Waals surface area contributed by atoms with Crippen molar-refractivity contribution >= 4 is 46.7 Å². The SMILES string of the molecule is Nc1ncnc2c1ncn2[C@@H]1O[C@H](COP(=O)(O)OP(=O)(O)OP(=O)(O)O)[C@@H](O)[C@H]1O.O=CC(O)C(O)C(O)C(O)CO. The lowest BCUT2D eigenvalue weighted by Gasteiger charge is -2.22. The van der Waals surface area contributed by atoms with Crippen LogP contribution in [0.25, 0.3) is 11.2 Å². The molecule has 2 aromatic rings. The molecule has 1 aliphatic heterocycles. The van der Waals surface area contributed by atoms with Crippen LogP contribution in [-0.2, 0) is 36.4 Å². The lowest BCUT2D eigenvalue weighted by molar-refractivity contribution is -0.136. The van der Waals surface area contributed by atoms with Crippen LogP contribution in [0.15, 0.2) is 12.7 Å². The van der Waals surface area contributed by atoms with E-state index in [2.05, 4.69) is 28.1 Å². The maximum absolute atomic E-state index is 11.8. The molecular formula is C16H28N5O19P3. The van der Waals surface area contributed by atoms with Crippen LogP contribution < -0.4 is 5.73 Å². The highest BCUT2D eigenvalue weighted by atomic mass is 31.3. The van der Waals surface area contributed by atoms with Gasteiger partial charge in [0.25, 0.3) is 0 Å². The molecule has 6 unspecified atom stereocenters. The number of carbonyl (C=O) groups is 1. The van der Waals surface area contributed by atoms with Crippen molar-refractivity contribution in [2.45, 2.75) is 49.0 Å². The summed E-state index contributed by atoms with van der Waals surface area (Å²) in [6.45, 7) is -1.72. The maximum Gasteiger partial charge on any atom is 0.490 e. The smallest absolute Gasteiger partial charge is 0.394 e. The Morgan fingerprint density at radius 3 is 2.16 bits per heavy atom. The van der Waals surface area contributed by atoms with Gasteiger partial charge >= 0.3 is 23.5 Å². The number of phosphoric ester groups is 1. The van der Waals surface area contributed by atoms with Crippen molar-refractivity contribution in [2.75, 3.05) is 18.9 Å². The number of hydrogen-bond donors (Lipinski definition) is 12. The molecule has 27 heteroatoms. The van der Waals surface area contributed by atoms with Gasteiger partial charge in [0, 0.05) is 0 Å². The number of fused-ring (bicyclic) bond motifs is 1. The minimum absolute atomic E-state index is 0.0258. The number of phosphoric acid groups is 3. The maximum atomic E-state index is 11.8. The van der Waals surface area contributed by atoms with Gasteiger partial charge in [0.1, 0.15) is 54.6 Å². The quantitative estimate of drug-likeness (QED) is 0.0692. The van der Waals surface area contributed by atoms with Crippen molar-refractivity contribution in [3.05, 3.63) is 12.7 Å². The number of aldehydes is 1. The van der Waals surface area contributed by atoms with E-state index in [0.717, 1.165) is 6.33 Å². The van der Waals surface area contributed by atoms with Crippen molar-refractivity contribution in [1.29, 1.82) is 0 Å². The molecule has 0 radical (unpaired) electrons. The number of nitrogens with two attached hydrogens (primary N) is 1. The van der Waals surface area contributed by atoms with Crippen LogP contribution in [-0.4, -0.2) is 137 Å². The highest BCUT2D eigenvalue weighted by Gasteiger charge is 2.47. The summed E-state index contributed by atoms with van der Waals surface area (Å²) < 4.78 is 51.9. The Bertz CT molecular complexity index is 1380. The van der Waals surface area contributed by atoms with Crippen LogP contribution in [0, 0.1) is 0 Å². The fourth-order valence-electron chi connectivity index (χ4n) is 3.24. The monoisotopic (exact) mass is 687 g/mol. The molecule has 2 aromatic heterocycles. The van der Waals surface area contributed by atoms with Crippen LogP contribution in [0.3, 0.4) is 0 Å². The molecule has 1 fully saturated rings. The van der Waals surface area contributed by atoms with E-state index in [1.807, 2.05) is 0 Å². The van der Waals surface area contributed by atoms with Gasteiger partial charge in [0.05, 0.1) is 19.5 Å². The standard InChI is InChI=1S/C10H16N5O13P3.C6H12O6/c11-8-5-9(13-2-12-8)15(3-14-5)10-7(17)6(16)4(26-10)1-25-30(21,22)28-31(23,24)27-29(18,19)20;7-1-3(9)5(11)6(12)4(10)2-8/h2-4,6-7,10,16-17H,1H2,(H,21,22)(H,23,24)(H2,11,12,13)(H2,18,19,20);1,3-6,8-12H,2H2/t4-,6-,7-,10-;/m1./s1. The number of aromatic nitrogens is 4. The zero-order valence-electron chi connectivity index (χ0n) is 21.2. The van der Waals surface area contributed by atoms with Crippen LogP contribution in [0.1, 0.15) is 6.23 Å². The molecule has 0 aliphatic carbocycles. The van der Waals surface area contributed by atoms with Gasteiger partial charge < -0.3 is 70.6 Å². The van der Waals surface area contributed by atoms with Crippen molar-refractivity contribution in [3.63, 3.8) is 0 Å². The molecule has 0 bridgehead atoms.